The van der Waals surface area contributed by atoms with E-state index in [1.807, 2.05) is 6.92 Å². The van der Waals surface area contributed by atoms with Crippen molar-refractivity contribution in [3.8, 4) is 0 Å². The normalized spacial score (nSPS) is 12.4. The van der Waals surface area contributed by atoms with E-state index in [0.29, 0.717) is 16.6 Å². The molecule has 6 heteroatoms. The quantitative estimate of drug-likeness (QED) is 0.801. The molecule has 1 heterocycles. The fraction of sp³-hybridized carbons (Fsp3) is 0.625. The Balaban J connectivity index is 2.41. The average Bonchev–Trinajstić information content (AvgIpc) is 2.50. The second kappa shape index (κ2) is 5.21. The topological polar surface area (TPSA) is 61.0 Å². The van der Waals surface area contributed by atoms with E-state index in [1.165, 1.54) is 11.3 Å². The van der Waals surface area contributed by atoms with Crippen molar-refractivity contribution in [2.75, 3.05) is 5.73 Å². The van der Waals surface area contributed by atoms with Crippen molar-refractivity contribution in [1.82, 2.24) is 10.2 Å². The molecule has 0 radical (unpaired) electrons. The number of nitrogens with zero attached hydrogens (tertiary/aromatic N) is 2. The van der Waals surface area contributed by atoms with Gasteiger partial charge in [-0.1, -0.05) is 18.3 Å². The van der Waals surface area contributed by atoms with E-state index in [4.69, 9.17) is 22.7 Å². The molecule has 14 heavy (non-hydrogen) atoms. The molecule has 1 aromatic rings. The van der Waals surface area contributed by atoms with Crippen molar-refractivity contribution in [2.45, 2.75) is 32.8 Å². The van der Waals surface area contributed by atoms with Crippen molar-refractivity contribution >= 4 is 33.7 Å². The number of hydrogen-bond acceptors (Lipinski definition) is 6. The zero-order valence-electron chi connectivity index (χ0n) is 8.19. The van der Waals surface area contributed by atoms with Gasteiger partial charge >= 0.3 is 0 Å². The molecule has 0 amide bonds. The van der Waals surface area contributed by atoms with Crippen LogP contribution in [0, 0.1) is 0 Å². The molecule has 0 aliphatic rings. The Morgan fingerprint density at radius 3 is 2.86 bits per heavy atom. The number of hydrogen-bond donors (Lipinski definition) is 1. The summed E-state index contributed by atoms with van der Waals surface area (Å²) in [7, 11) is 0. The van der Waals surface area contributed by atoms with Crippen molar-refractivity contribution < 1.29 is 4.74 Å². The van der Waals surface area contributed by atoms with Crippen LogP contribution in [-0.2, 0) is 11.2 Å². The Kier molecular flexibility index (Phi) is 4.21. The summed E-state index contributed by atoms with van der Waals surface area (Å²) in [4.78, 5) is 0. The molecule has 0 fully saturated rings. The Labute approximate surface area is 92.5 Å². The van der Waals surface area contributed by atoms with Crippen LogP contribution in [0.15, 0.2) is 0 Å². The molecule has 1 unspecified atom stereocenters. The molecule has 0 bridgehead atoms. The van der Waals surface area contributed by atoms with Gasteiger partial charge in [0.05, 0.1) is 12.5 Å². The molecule has 1 atom stereocenters. The molecule has 0 aromatic carbocycles. The van der Waals surface area contributed by atoms with Gasteiger partial charge < -0.3 is 10.5 Å². The third-order valence-electron chi connectivity index (χ3n) is 1.69. The molecule has 0 aliphatic heterocycles. The highest BCUT2D eigenvalue weighted by atomic mass is 32.1. The summed E-state index contributed by atoms with van der Waals surface area (Å²) in [5, 5.41) is 9.38. The van der Waals surface area contributed by atoms with Gasteiger partial charge in [-0.05, 0) is 25.6 Å². The minimum Gasteiger partial charge on any atom is -0.484 e. The third-order valence-corrected chi connectivity index (χ3v) is 2.68. The summed E-state index contributed by atoms with van der Waals surface area (Å²) in [6, 6.07) is 0. The van der Waals surface area contributed by atoms with Gasteiger partial charge in [-0.25, -0.2) is 0 Å². The second-order valence-corrected chi connectivity index (χ2v) is 4.47. The molecule has 1 rings (SSSR count). The van der Waals surface area contributed by atoms with E-state index in [2.05, 4.69) is 17.1 Å². The van der Waals surface area contributed by atoms with E-state index in [-0.39, 0.29) is 6.10 Å². The van der Waals surface area contributed by atoms with Crippen LogP contribution in [0.2, 0.25) is 0 Å². The monoisotopic (exact) mass is 231 g/mol. The molecule has 2 N–H and O–H groups in total. The summed E-state index contributed by atoms with van der Waals surface area (Å²) in [6.07, 6.45) is 1.63. The molecular weight excluding hydrogens is 218 g/mol. The standard InChI is InChI=1S/C8H13N3OS2/c1-3-5(2)12-7(13)4-6-10-11-8(9)14-6/h5H,3-4H2,1-2H3,(H2,9,11). The first-order chi connectivity index (χ1) is 6.61. The lowest BCUT2D eigenvalue weighted by Gasteiger charge is -2.11. The van der Waals surface area contributed by atoms with Crippen LogP contribution in [-0.4, -0.2) is 21.4 Å². The van der Waals surface area contributed by atoms with Gasteiger partial charge in [-0.15, -0.1) is 10.2 Å². The lowest BCUT2D eigenvalue weighted by Crippen LogP contribution is -2.13. The SMILES string of the molecule is CCC(C)OC(=S)Cc1nnc(N)s1. The molecule has 4 nitrogen and oxygen atoms in total. The van der Waals surface area contributed by atoms with Crippen molar-refractivity contribution in [3.05, 3.63) is 5.01 Å². The molecule has 1 aromatic heterocycles. The van der Waals surface area contributed by atoms with Gasteiger partial charge in [0.1, 0.15) is 5.01 Å². The largest absolute Gasteiger partial charge is 0.484 e. The zero-order valence-corrected chi connectivity index (χ0v) is 9.82. The fourth-order valence-corrected chi connectivity index (χ4v) is 1.81. The van der Waals surface area contributed by atoms with Gasteiger partial charge in [0.25, 0.3) is 0 Å². The number of nitrogens with two attached hydrogens (primary N) is 1. The first-order valence-corrected chi connectivity index (χ1v) is 5.61. The number of rotatable bonds is 4. The highest BCUT2D eigenvalue weighted by Gasteiger charge is 2.08. The van der Waals surface area contributed by atoms with Crippen LogP contribution in [0.3, 0.4) is 0 Å². The van der Waals surface area contributed by atoms with Crippen LogP contribution < -0.4 is 5.73 Å². The number of aromatic nitrogens is 2. The number of ether oxygens (including phenoxy) is 1. The minimum atomic E-state index is 0.160. The summed E-state index contributed by atoms with van der Waals surface area (Å²) in [5.74, 6) is 0. The first kappa shape index (κ1) is 11.3. The first-order valence-electron chi connectivity index (χ1n) is 4.39. The molecule has 0 spiro atoms. The Hall–Kier alpha value is -0.750. The van der Waals surface area contributed by atoms with E-state index in [9.17, 15) is 0 Å². The number of nitrogen functional groups attached to an aromatic ring is 1. The summed E-state index contributed by atoms with van der Waals surface area (Å²) >= 11 is 6.40. The summed E-state index contributed by atoms with van der Waals surface area (Å²) in [6.45, 7) is 4.04. The summed E-state index contributed by atoms with van der Waals surface area (Å²) in [5.41, 5.74) is 5.44. The minimum absolute atomic E-state index is 0.160. The predicted octanol–water partition coefficient (Wildman–Crippen LogP) is 1.81. The lowest BCUT2D eigenvalue weighted by molar-refractivity contribution is 0.205. The van der Waals surface area contributed by atoms with E-state index >= 15 is 0 Å². The van der Waals surface area contributed by atoms with Crippen molar-refractivity contribution in [1.29, 1.82) is 0 Å². The van der Waals surface area contributed by atoms with Crippen LogP contribution in [0.4, 0.5) is 5.13 Å². The molecular formula is C8H13N3OS2. The molecule has 0 saturated heterocycles. The molecule has 0 aliphatic carbocycles. The maximum atomic E-state index is 5.44. The van der Waals surface area contributed by atoms with Crippen LogP contribution in [0.1, 0.15) is 25.3 Å². The lowest BCUT2D eigenvalue weighted by atomic mass is 10.3. The maximum absolute atomic E-state index is 5.44. The van der Waals surface area contributed by atoms with Gasteiger partial charge in [-0.2, -0.15) is 0 Å². The maximum Gasteiger partial charge on any atom is 0.203 e. The third kappa shape index (κ3) is 3.55. The van der Waals surface area contributed by atoms with E-state index in [1.54, 1.807) is 0 Å². The van der Waals surface area contributed by atoms with Crippen molar-refractivity contribution in [2.24, 2.45) is 0 Å². The molecule has 0 saturated carbocycles. The van der Waals surface area contributed by atoms with Gasteiger partial charge in [0.2, 0.25) is 5.13 Å². The van der Waals surface area contributed by atoms with Gasteiger partial charge in [0, 0.05) is 0 Å². The fourth-order valence-electron chi connectivity index (χ4n) is 0.811. The van der Waals surface area contributed by atoms with Crippen LogP contribution in [0.25, 0.3) is 0 Å². The van der Waals surface area contributed by atoms with Crippen LogP contribution >= 0.6 is 23.6 Å². The van der Waals surface area contributed by atoms with Crippen LogP contribution in [0.5, 0.6) is 0 Å². The van der Waals surface area contributed by atoms with Crippen molar-refractivity contribution in [3.63, 3.8) is 0 Å². The van der Waals surface area contributed by atoms with E-state index < -0.39 is 0 Å². The van der Waals surface area contributed by atoms with E-state index in [0.717, 1.165) is 11.4 Å². The predicted molar refractivity (Wildman–Crippen MR) is 61.5 cm³/mol. The Morgan fingerprint density at radius 1 is 1.64 bits per heavy atom. The Bertz CT molecular complexity index is 313. The van der Waals surface area contributed by atoms with Gasteiger partial charge in [0.15, 0.2) is 5.05 Å². The second-order valence-electron chi connectivity index (χ2n) is 2.92. The van der Waals surface area contributed by atoms with Gasteiger partial charge in [-0.3, -0.25) is 0 Å². The number of thiocarbonyl (C=S) groups is 1. The molecule has 78 valence electrons. The Morgan fingerprint density at radius 2 is 2.36 bits per heavy atom. The average molecular weight is 231 g/mol. The summed E-state index contributed by atoms with van der Waals surface area (Å²) < 4.78 is 5.44. The smallest absolute Gasteiger partial charge is 0.203 e. The zero-order chi connectivity index (χ0) is 10.6. The number of anilines is 1. The highest BCUT2D eigenvalue weighted by molar-refractivity contribution is 7.80. The highest BCUT2D eigenvalue weighted by Crippen LogP contribution is 2.13.